The molecule has 1 atom stereocenters. The van der Waals surface area contributed by atoms with Crippen molar-refractivity contribution in [2.75, 3.05) is 11.9 Å². The highest BCUT2D eigenvalue weighted by atomic mass is 19.2. The summed E-state index contributed by atoms with van der Waals surface area (Å²) >= 11 is 0. The molecule has 0 radical (unpaired) electrons. The first kappa shape index (κ1) is 14.7. The second-order valence-electron chi connectivity index (χ2n) is 4.55. The molecule has 1 N–H and O–H groups in total. The van der Waals surface area contributed by atoms with Gasteiger partial charge >= 0.3 is 0 Å². The molecule has 0 bridgehead atoms. The van der Waals surface area contributed by atoms with Gasteiger partial charge in [-0.1, -0.05) is 20.8 Å². The van der Waals surface area contributed by atoms with E-state index in [1.807, 2.05) is 20.8 Å². The first-order valence-corrected chi connectivity index (χ1v) is 5.52. The third kappa shape index (κ3) is 2.73. The monoisotopic (exact) mass is 267 g/mol. The maximum absolute atomic E-state index is 13.3. The van der Waals surface area contributed by atoms with Gasteiger partial charge in [0.2, 0.25) is 5.82 Å². The first-order chi connectivity index (χ1) is 8.27. The zero-order valence-electron chi connectivity index (χ0n) is 10.3. The van der Waals surface area contributed by atoms with Crippen LogP contribution >= 0.6 is 0 Å². The molecule has 102 valence electrons. The van der Waals surface area contributed by atoms with Crippen molar-refractivity contribution in [1.29, 1.82) is 0 Å². The molecular weight excluding hydrogens is 253 g/mol. The van der Waals surface area contributed by atoms with Gasteiger partial charge in [0, 0.05) is 6.54 Å². The molecule has 1 aromatic rings. The summed E-state index contributed by atoms with van der Waals surface area (Å²) in [6.07, 6.45) is 0. The maximum Gasteiger partial charge on any atom is 0.200 e. The molecule has 1 nitrogen and oxygen atoms in total. The van der Waals surface area contributed by atoms with Gasteiger partial charge in [0.05, 0.1) is 0 Å². The minimum absolute atomic E-state index is 0.0278. The molecule has 0 aliphatic heterocycles. The molecule has 1 unspecified atom stereocenters. The lowest BCUT2D eigenvalue weighted by Gasteiger charge is -2.18. The van der Waals surface area contributed by atoms with Crippen molar-refractivity contribution in [1.82, 2.24) is 0 Å². The van der Waals surface area contributed by atoms with E-state index in [2.05, 4.69) is 5.32 Å². The van der Waals surface area contributed by atoms with Gasteiger partial charge in [-0.05, 0) is 11.8 Å². The SMILES string of the molecule is CC(C)C(C)CNc1c(F)c(F)c(F)c(F)c1F. The number of anilines is 1. The van der Waals surface area contributed by atoms with Crippen LogP contribution in [0.25, 0.3) is 0 Å². The zero-order chi connectivity index (χ0) is 14.0. The Morgan fingerprint density at radius 3 is 1.56 bits per heavy atom. The number of halogens is 5. The molecule has 1 rings (SSSR count). The predicted molar refractivity (Wildman–Crippen MR) is 58.7 cm³/mol. The summed E-state index contributed by atoms with van der Waals surface area (Å²) in [5, 5.41) is 2.27. The number of rotatable bonds is 4. The van der Waals surface area contributed by atoms with Crippen LogP contribution in [0.2, 0.25) is 0 Å². The molecule has 0 spiro atoms. The number of hydrogen-bond acceptors (Lipinski definition) is 1. The molecule has 0 amide bonds. The van der Waals surface area contributed by atoms with E-state index in [-0.39, 0.29) is 18.4 Å². The average molecular weight is 267 g/mol. The van der Waals surface area contributed by atoms with E-state index >= 15 is 0 Å². The van der Waals surface area contributed by atoms with Crippen molar-refractivity contribution in [3.05, 3.63) is 29.1 Å². The van der Waals surface area contributed by atoms with Crippen molar-refractivity contribution in [2.24, 2.45) is 11.8 Å². The summed E-state index contributed by atoms with van der Waals surface area (Å²) in [6.45, 7) is 5.72. The van der Waals surface area contributed by atoms with Gasteiger partial charge in [-0.2, -0.15) is 0 Å². The third-order valence-corrected chi connectivity index (χ3v) is 2.95. The normalized spacial score (nSPS) is 12.9. The number of hydrogen-bond donors (Lipinski definition) is 1. The standard InChI is InChI=1S/C12H14F5N/c1-5(2)6(3)4-18-12-10(16)8(14)7(13)9(15)11(12)17/h5-6,18H,4H2,1-3H3. The van der Waals surface area contributed by atoms with Crippen LogP contribution in [0.3, 0.4) is 0 Å². The van der Waals surface area contributed by atoms with Crippen LogP contribution in [-0.4, -0.2) is 6.54 Å². The van der Waals surface area contributed by atoms with E-state index < -0.39 is 34.8 Å². The Balaban J connectivity index is 3.03. The van der Waals surface area contributed by atoms with Crippen LogP contribution in [0.1, 0.15) is 20.8 Å². The van der Waals surface area contributed by atoms with Gasteiger partial charge < -0.3 is 5.32 Å². The molecule has 0 heterocycles. The minimum Gasteiger partial charge on any atom is -0.380 e. The van der Waals surface area contributed by atoms with Gasteiger partial charge in [0.1, 0.15) is 5.69 Å². The van der Waals surface area contributed by atoms with Crippen LogP contribution in [-0.2, 0) is 0 Å². The number of benzene rings is 1. The lowest BCUT2D eigenvalue weighted by atomic mass is 9.98. The van der Waals surface area contributed by atoms with E-state index in [9.17, 15) is 22.0 Å². The Hall–Kier alpha value is -1.33. The smallest absolute Gasteiger partial charge is 0.200 e. The quantitative estimate of drug-likeness (QED) is 0.492. The summed E-state index contributed by atoms with van der Waals surface area (Å²) in [6, 6.07) is 0. The minimum atomic E-state index is -2.15. The van der Waals surface area contributed by atoms with Crippen molar-refractivity contribution in [2.45, 2.75) is 20.8 Å². The van der Waals surface area contributed by atoms with Crippen LogP contribution in [0.5, 0.6) is 0 Å². The van der Waals surface area contributed by atoms with Gasteiger partial charge in [-0.15, -0.1) is 0 Å². The van der Waals surface area contributed by atoms with Crippen LogP contribution in [0.4, 0.5) is 27.6 Å². The highest BCUT2D eigenvalue weighted by Gasteiger charge is 2.25. The topological polar surface area (TPSA) is 12.0 Å². The van der Waals surface area contributed by atoms with Crippen molar-refractivity contribution in [3.8, 4) is 0 Å². The third-order valence-electron chi connectivity index (χ3n) is 2.95. The molecule has 0 saturated heterocycles. The maximum atomic E-state index is 13.3. The summed E-state index contributed by atoms with van der Waals surface area (Å²) < 4.78 is 65.1. The average Bonchev–Trinajstić information content (AvgIpc) is 2.33. The van der Waals surface area contributed by atoms with Crippen molar-refractivity contribution in [3.63, 3.8) is 0 Å². The molecule has 1 aromatic carbocycles. The predicted octanol–water partition coefficient (Wildman–Crippen LogP) is 4.09. The Labute approximate surface area is 102 Å². The molecule has 0 fully saturated rings. The largest absolute Gasteiger partial charge is 0.380 e. The molecule has 0 aliphatic carbocycles. The molecular formula is C12H14F5N. The fourth-order valence-electron chi connectivity index (χ4n) is 1.26. The van der Waals surface area contributed by atoms with E-state index in [0.29, 0.717) is 0 Å². The van der Waals surface area contributed by atoms with Crippen LogP contribution in [0.15, 0.2) is 0 Å². The zero-order valence-corrected chi connectivity index (χ0v) is 10.3. The fourth-order valence-corrected chi connectivity index (χ4v) is 1.26. The lowest BCUT2D eigenvalue weighted by Crippen LogP contribution is -2.19. The summed E-state index contributed by atoms with van der Waals surface area (Å²) in [5.74, 6) is -9.43. The molecule has 6 heteroatoms. The highest BCUT2D eigenvalue weighted by Crippen LogP contribution is 2.27. The van der Waals surface area contributed by atoms with E-state index in [0.717, 1.165) is 0 Å². The van der Waals surface area contributed by atoms with Gasteiger partial charge in [0.15, 0.2) is 23.3 Å². The Morgan fingerprint density at radius 1 is 0.778 bits per heavy atom. The van der Waals surface area contributed by atoms with Gasteiger partial charge in [-0.3, -0.25) is 0 Å². The molecule has 18 heavy (non-hydrogen) atoms. The van der Waals surface area contributed by atoms with E-state index in [1.165, 1.54) is 0 Å². The Bertz CT molecular complexity index is 416. The fraction of sp³-hybridized carbons (Fsp3) is 0.500. The van der Waals surface area contributed by atoms with E-state index in [1.54, 1.807) is 0 Å². The van der Waals surface area contributed by atoms with Crippen LogP contribution in [0, 0.1) is 40.9 Å². The summed E-state index contributed by atoms with van der Waals surface area (Å²) in [5.41, 5.74) is -0.973. The van der Waals surface area contributed by atoms with Gasteiger partial charge in [-0.25, -0.2) is 22.0 Å². The van der Waals surface area contributed by atoms with Gasteiger partial charge in [0.25, 0.3) is 0 Å². The van der Waals surface area contributed by atoms with Crippen molar-refractivity contribution >= 4 is 5.69 Å². The van der Waals surface area contributed by atoms with Crippen molar-refractivity contribution < 1.29 is 22.0 Å². The lowest BCUT2D eigenvalue weighted by molar-refractivity contribution is 0.379. The second-order valence-corrected chi connectivity index (χ2v) is 4.55. The molecule has 0 aromatic heterocycles. The Morgan fingerprint density at radius 2 is 1.17 bits per heavy atom. The van der Waals surface area contributed by atoms with E-state index in [4.69, 9.17) is 0 Å². The Kier molecular flexibility index (Phi) is 4.53. The second kappa shape index (κ2) is 5.54. The summed E-state index contributed by atoms with van der Waals surface area (Å²) in [7, 11) is 0. The summed E-state index contributed by atoms with van der Waals surface area (Å²) in [4.78, 5) is 0. The highest BCUT2D eigenvalue weighted by molar-refractivity contribution is 5.47. The molecule has 0 aliphatic rings. The van der Waals surface area contributed by atoms with Crippen LogP contribution < -0.4 is 5.32 Å². The number of nitrogens with one attached hydrogen (secondary N) is 1. The first-order valence-electron chi connectivity index (χ1n) is 5.52. The molecule has 0 saturated carbocycles.